The summed E-state index contributed by atoms with van der Waals surface area (Å²) in [5, 5.41) is 12.4. The summed E-state index contributed by atoms with van der Waals surface area (Å²) in [6.07, 6.45) is 9.46. The maximum Gasteiger partial charge on any atom is 0.244 e. The minimum atomic E-state index is -0.937. The number of rotatable bonds is 11. The lowest BCUT2D eigenvalue weighted by molar-refractivity contribution is -0.148. The summed E-state index contributed by atoms with van der Waals surface area (Å²) in [5.74, 6) is -0.887. The third-order valence-electron chi connectivity index (χ3n) is 9.05. The zero-order valence-corrected chi connectivity index (χ0v) is 23.0. The Labute approximate surface area is 235 Å². The molecule has 1 heterocycles. The highest BCUT2D eigenvalue weighted by Gasteiger charge is 2.52. The summed E-state index contributed by atoms with van der Waals surface area (Å²) in [5.41, 5.74) is 3.84. The van der Waals surface area contributed by atoms with Crippen LogP contribution in [-0.2, 0) is 20.8 Å². The van der Waals surface area contributed by atoms with Gasteiger partial charge in [0, 0.05) is 19.0 Å². The molecule has 0 aromatic heterocycles. The van der Waals surface area contributed by atoms with E-state index >= 15 is 0 Å². The van der Waals surface area contributed by atoms with Crippen LogP contribution in [-0.4, -0.2) is 46.5 Å². The highest BCUT2D eigenvalue weighted by molar-refractivity contribution is 5.94. The fourth-order valence-electron chi connectivity index (χ4n) is 6.66. The number of halogens is 1. The molecule has 2 aromatic rings. The molecule has 3 fully saturated rings. The standard InChI is InChI=1S/C32H40FN3O4/c33-26-14-12-24(13-15-26)23-10-8-22(9-11-23)5-4-18-32(21-28(37)35-40)19-20-36(31(32)39)29(25-6-2-1-3-7-25)30(38)34-27-16-17-27/h8-15,25,27,29,40H,1-7,16-21H2,(H,34,38)(H,35,37). The molecule has 2 unspecified atom stereocenters. The molecule has 3 N–H and O–H groups in total. The van der Waals surface area contributed by atoms with Crippen molar-refractivity contribution in [2.45, 2.75) is 89.1 Å². The molecule has 7 nitrogen and oxygen atoms in total. The van der Waals surface area contributed by atoms with E-state index in [2.05, 4.69) is 5.32 Å². The fraction of sp³-hybridized carbons (Fsp3) is 0.531. The molecule has 40 heavy (non-hydrogen) atoms. The van der Waals surface area contributed by atoms with Crippen molar-refractivity contribution in [3.63, 3.8) is 0 Å². The largest absolute Gasteiger partial charge is 0.352 e. The van der Waals surface area contributed by atoms with Gasteiger partial charge in [-0.3, -0.25) is 19.6 Å². The molecule has 0 bridgehead atoms. The Hall–Kier alpha value is -3.26. The van der Waals surface area contributed by atoms with Crippen molar-refractivity contribution in [3.8, 4) is 11.1 Å². The zero-order chi connectivity index (χ0) is 28.1. The van der Waals surface area contributed by atoms with Gasteiger partial charge < -0.3 is 10.2 Å². The number of benzene rings is 2. The summed E-state index contributed by atoms with van der Waals surface area (Å²) in [7, 11) is 0. The van der Waals surface area contributed by atoms with Gasteiger partial charge in [0.15, 0.2) is 0 Å². The van der Waals surface area contributed by atoms with E-state index < -0.39 is 17.4 Å². The predicted octanol–water partition coefficient (Wildman–Crippen LogP) is 5.16. The molecule has 214 valence electrons. The van der Waals surface area contributed by atoms with Crippen LogP contribution in [0.25, 0.3) is 11.1 Å². The van der Waals surface area contributed by atoms with E-state index in [1.807, 2.05) is 24.3 Å². The van der Waals surface area contributed by atoms with Crippen LogP contribution in [0.3, 0.4) is 0 Å². The van der Waals surface area contributed by atoms with E-state index in [9.17, 15) is 24.0 Å². The minimum absolute atomic E-state index is 0.0496. The van der Waals surface area contributed by atoms with Gasteiger partial charge in [-0.25, -0.2) is 9.87 Å². The van der Waals surface area contributed by atoms with Crippen LogP contribution in [0.15, 0.2) is 48.5 Å². The van der Waals surface area contributed by atoms with Crippen LogP contribution in [0.2, 0.25) is 0 Å². The topological polar surface area (TPSA) is 98.7 Å². The van der Waals surface area contributed by atoms with Gasteiger partial charge in [0.2, 0.25) is 17.7 Å². The van der Waals surface area contributed by atoms with Crippen molar-refractivity contribution in [2.24, 2.45) is 11.3 Å². The molecular formula is C32H40FN3O4. The van der Waals surface area contributed by atoms with E-state index in [4.69, 9.17) is 0 Å². The Morgan fingerprint density at radius 3 is 2.25 bits per heavy atom. The quantitative estimate of drug-likeness (QED) is 0.266. The molecule has 2 aliphatic carbocycles. The first-order valence-electron chi connectivity index (χ1n) is 14.8. The maximum absolute atomic E-state index is 14.1. The smallest absolute Gasteiger partial charge is 0.244 e. The fourth-order valence-corrected chi connectivity index (χ4v) is 6.66. The van der Waals surface area contributed by atoms with Gasteiger partial charge >= 0.3 is 0 Å². The molecule has 2 aromatic carbocycles. The van der Waals surface area contributed by atoms with E-state index in [1.54, 1.807) is 22.5 Å². The van der Waals surface area contributed by atoms with Gasteiger partial charge in [-0.2, -0.15) is 0 Å². The highest BCUT2D eigenvalue weighted by atomic mass is 19.1. The maximum atomic E-state index is 14.1. The Bertz CT molecular complexity index is 1190. The number of carbonyl (C=O) groups excluding carboxylic acids is 3. The second kappa shape index (κ2) is 12.5. The highest BCUT2D eigenvalue weighted by Crippen LogP contribution is 2.43. The lowest BCUT2D eigenvalue weighted by Crippen LogP contribution is -2.54. The van der Waals surface area contributed by atoms with Crippen molar-refractivity contribution >= 4 is 17.7 Å². The lowest BCUT2D eigenvalue weighted by Gasteiger charge is -2.37. The number of hydroxylamine groups is 1. The van der Waals surface area contributed by atoms with E-state index in [1.165, 1.54) is 12.1 Å². The summed E-state index contributed by atoms with van der Waals surface area (Å²) < 4.78 is 13.3. The molecule has 1 saturated heterocycles. The number of nitrogens with one attached hydrogen (secondary N) is 2. The molecular weight excluding hydrogens is 509 g/mol. The molecule has 0 radical (unpaired) electrons. The zero-order valence-electron chi connectivity index (χ0n) is 23.0. The first-order chi connectivity index (χ1) is 19.4. The molecule has 2 saturated carbocycles. The minimum Gasteiger partial charge on any atom is -0.352 e. The van der Waals surface area contributed by atoms with E-state index in [-0.39, 0.29) is 36.0 Å². The SMILES string of the molecule is O=C(CC1(CCCc2ccc(-c3ccc(F)cc3)cc2)CCN(C(C(=O)NC2CC2)C2CCCCC2)C1=O)NO. The van der Waals surface area contributed by atoms with Gasteiger partial charge in [0.25, 0.3) is 0 Å². The molecule has 0 spiro atoms. The average molecular weight is 550 g/mol. The third kappa shape index (κ3) is 6.54. The summed E-state index contributed by atoms with van der Waals surface area (Å²) in [6, 6.07) is 14.2. The normalized spacial score (nSPS) is 22.2. The summed E-state index contributed by atoms with van der Waals surface area (Å²) in [4.78, 5) is 41.6. The molecule has 8 heteroatoms. The molecule has 3 amide bonds. The molecule has 2 atom stereocenters. The number of nitrogens with zero attached hydrogens (tertiary/aromatic N) is 1. The number of carbonyl (C=O) groups is 3. The Morgan fingerprint density at radius 2 is 1.62 bits per heavy atom. The number of aryl methyl sites for hydroxylation is 1. The van der Waals surface area contributed by atoms with Crippen molar-refractivity contribution in [1.82, 2.24) is 15.7 Å². The molecule has 5 rings (SSSR count). The Balaban J connectivity index is 1.28. The van der Waals surface area contributed by atoms with Crippen molar-refractivity contribution < 1.29 is 24.0 Å². The van der Waals surface area contributed by atoms with Gasteiger partial charge in [-0.05, 0) is 86.1 Å². The third-order valence-corrected chi connectivity index (χ3v) is 9.05. The van der Waals surface area contributed by atoms with E-state index in [0.717, 1.165) is 68.1 Å². The van der Waals surface area contributed by atoms with Gasteiger partial charge in [-0.1, -0.05) is 55.7 Å². The first kappa shape index (κ1) is 28.3. The van der Waals surface area contributed by atoms with Crippen LogP contribution in [0.5, 0.6) is 0 Å². The second-order valence-electron chi connectivity index (χ2n) is 11.9. The van der Waals surface area contributed by atoms with Gasteiger partial charge in [0.1, 0.15) is 11.9 Å². The van der Waals surface area contributed by atoms with Crippen molar-refractivity contribution in [2.75, 3.05) is 6.54 Å². The lowest BCUT2D eigenvalue weighted by atomic mass is 9.77. The van der Waals surface area contributed by atoms with Crippen molar-refractivity contribution in [1.29, 1.82) is 0 Å². The average Bonchev–Trinajstić information content (AvgIpc) is 3.74. The molecule has 1 aliphatic heterocycles. The van der Waals surface area contributed by atoms with Crippen molar-refractivity contribution in [3.05, 3.63) is 59.9 Å². The van der Waals surface area contributed by atoms with E-state index in [0.29, 0.717) is 25.8 Å². The van der Waals surface area contributed by atoms with Gasteiger partial charge in [0.05, 0.1) is 5.41 Å². The Kier molecular flexibility index (Phi) is 8.84. The number of likely N-dealkylation sites (tertiary alicyclic amines) is 1. The molecule has 3 aliphatic rings. The Morgan fingerprint density at radius 1 is 0.975 bits per heavy atom. The summed E-state index contributed by atoms with van der Waals surface area (Å²) >= 11 is 0. The van der Waals surface area contributed by atoms with Crippen LogP contribution in [0.4, 0.5) is 4.39 Å². The number of amides is 3. The predicted molar refractivity (Wildman–Crippen MR) is 150 cm³/mol. The van der Waals surface area contributed by atoms with Crippen LogP contribution < -0.4 is 10.8 Å². The summed E-state index contributed by atoms with van der Waals surface area (Å²) in [6.45, 7) is 0.448. The number of hydrogen-bond acceptors (Lipinski definition) is 4. The van der Waals surface area contributed by atoms with Crippen LogP contribution >= 0.6 is 0 Å². The van der Waals surface area contributed by atoms with Crippen LogP contribution in [0, 0.1) is 17.2 Å². The van der Waals surface area contributed by atoms with Crippen LogP contribution in [0.1, 0.15) is 76.2 Å². The van der Waals surface area contributed by atoms with Gasteiger partial charge in [-0.15, -0.1) is 0 Å². The second-order valence-corrected chi connectivity index (χ2v) is 11.9. The number of hydrogen-bond donors (Lipinski definition) is 3. The first-order valence-corrected chi connectivity index (χ1v) is 14.8. The monoisotopic (exact) mass is 549 g/mol.